The molecule has 2 aliphatic rings. The van der Waals surface area contributed by atoms with Crippen molar-refractivity contribution in [3.63, 3.8) is 0 Å². The first-order valence-electron chi connectivity index (χ1n) is 13.9. The van der Waals surface area contributed by atoms with Crippen LogP contribution in [-0.2, 0) is 21.7 Å². The summed E-state index contributed by atoms with van der Waals surface area (Å²) in [7, 11) is 1.59. The Hall–Kier alpha value is -3.47. The lowest BCUT2D eigenvalue weighted by atomic mass is 9.88. The summed E-state index contributed by atoms with van der Waals surface area (Å²) < 4.78 is 36.6. The highest BCUT2D eigenvalue weighted by molar-refractivity contribution is 5.77. The van der Waals surface area contributed by atoms with Gasteiger partial charge in [-0.1, -0.05) is 12.1 Å². The van der Waals surface area contributed by atoms with Gasteiger partial charge in [-0.05, 0) is 70.1 Å². The molecule has 4 heterocycles. The van der Waals surface area contributed by atoms with Crippen molar-refractivity contribution in [3.8, 4) is 0 Å². The summed E-state index contributed by atoms with van der Waals surface area (Å²) >= 11 is 0. The molecule has 2 atom stereocenters. The molecule has 1 saturated heterocycles. The maximum absolute atomic E-state index is 14.8. The lowest BCUT2D eigenvalue weighted by Crippen LogP contribution is -2.39. The number of aryl methyl sites for hydroxylation is 1. The number of hydrogen-bond acceptors (Lipinski definition) is 6. The number of amides is 1. The minimum Gasteiger partial charge on any atom is -0.371 e. The number of aromatic nitrogens is 5. The molecular weight excluding hydrogens is 518 g/mol. The molecule has 0 bridgehead atoms. The van der Waals surface area contributed by atoms with Crippen molar-refractivity contribution in [3.05, 3.63) is 74.7 Å². The van der Waals surface area contributed by atoms with E-state index < -0.39 is 17.2 Å². The third-order valence-corrected chi connectivity index (χ3v) is 8.55. The number of H-pyrrole nitrogens is 1. The van der Waals surface area contributed by atoms with Crippen LogP contribution in [0.25, 0.3) is 0 Å². The number of halogens is 2. The van der Waals surface area contributed by atoms with Crippen molar-refractivity contribution >= 4 is 5.91 Å². The van der Waals surface area contributed by atoms with Gasteiger partial charge in [-0.2, -0.15) is 5.10 Å². The van der Waals surface area contributed by atoms with Crippen molar-refractivity contribution < 1.29 is 18.3 Å². The molecule has 40 heavy (non-hydrogen) atoms. The number of fused-ring (bicyclic) bond motifs is 1. The molecule has 2 aliphatic heterocycles. The topological polar surface area (TPSA) is 106 Å². The Kier molecular flexibility index (Phi) is 7.85. The lowest BCUT2D eigenvalue weighted by molar-refractivity contribution is -0.132. The first-order chi connectivity index (χ1) is 19.1. The molecule has 0 aliphatic carbocycles. The second-order valence-electron chi connectivity index (χ2n) is 11.5. The third kappa shape index (κ3) is 5.43. The van der Waals surface area contributed by atoms with E-state index in [1.165, 1.54) is 6.07 Å². The standard InChI is InChI=1S/C29H36F2N6O3/c1-17-14-22(27(39)34-32-17)18-10-12-36(13-11-18)24(38)15-19-8-9-20(21-6-5-7-23(30)25(21)31)16-37-26(19)33-35-28(37)29(2,3)40-4/h5-7,14,18-20H,8-13,15-16H2,1-4H3,(H,34,39). The van der Waals surface area contributed by atoms with Gasteiger partial charge in [-0.3, -0.25) is 9.59 Å². The molecule has 3 aromatic rings. The van der Waals surface area contributed by atoms with E-state index in [-0.39, 0.29) is 35.6 Å². The van der Waals surface area contributed by atoms with Gasteiger partial charge in [-0.25, -0.2) is 13.9 Å². The predicted octanol–water partition coefficient (Wildman–Crippen LogP) is 4.29. The van der Waals surface area contributed by atoms with Gasteiger partial charge in [0.05, 0.1) is 5.69 Å². The van der Waals surface area contributed by atoms with Gasteiger partial charge in [0.25, 0.3) is 5.56 Å². The van der Waals surface area contributed by atoms with Crippen LogP contribution in [0.15, 0.2) is 29.1 Å². The van der Waals surface area contributed by atoms with E-state index in [9.17, 15) is 18.4 Å². The number of benzene rings is 1. The van der Waals surface area contributed by atoms with Crippen molar-refractivity contribution in [2.75, 3.05) is 20.2 Å². The van der Waals surface area contributed by atoms with Crippen LogP contribution in [-0.4, -0.2) is 56.0 Å². The molecule has 1 aromatic carbocycles. The van der Waals surface area contributed by atoms with E-state index in [0.29, 0.717) is 62.5 Å². The number of nitrogens with zero attached hydrogens (tertiary/aromatic N) is 5. The summed E-state index contributed by atoms with van der Waals surface area (Å²) in [6.07, 6.45) is 2.79. The van der Waals surface area contributed by atoms with Crippen LogP contribution >= 0.6 is 0 Å². The number of hydrogen-bond donors (Lipinski definition) is 1. The Morgan fingerprint density at radius 2 is 1.85 bits per heavy atom. The zero-order chi connectivity index (χ0) is 28.6. The van der Waals surface area contributed by atoms with E-state index in [0.717, 1.165) is 17.3 Å². The predicted molar refractivity (Wildman–Crippen MR) is 144 cm³/mol. The van der Waals surface area contributed by atoms with E-state index in [4.69, 9.17) is 4.74 Å². The molecule has 1 N–H and O–H groups in total. The van der Waals surface area contributed by atoms with Crippen LogP contribution in [0.1, 0.15) is 92.2 Å². The monoisotopic (exact) mass is 554 g/mol. The van der Waals surface area contributed by atoms with Gasteiger partial charge < -0.3 is 14.2 Å². The Balaban J connectivity index is 1.36. The Bertz CT molecular complexity index is 1440. The third-order valence-electron chi connectivity index (χ3n) is 8.55. The largest absolute Gasteiger partial charge is 0.371 e. The number of carbonyl (C=O) groups excluding carboxylic acids is 1. The summed E-state index contributed by atoms with van der Waals surface area (Å²) in [6.45, 7) is 7.08. The van der Waals surface area contributed by atoms with Gasteiger partial charge in [0, 0.05) is 50.6 Å². The summed E-state index contributed by atoms with van der Waals surface area (Å²) in [5.74, 6) is -0.901. The fraction of sp³-hybridized carbons (Fsp3) is 0.552. The number of ether oxygens (including phenoxy) is 1. The number of nitrogens with one attached hydrogen (secondary N) is 1. The van der Waals surface area contributed by atoms with Crippen molar-refractivity contribution in [2.24, 2.45) is 0 Å². The van der Waals surface area contributed by atoms with E-state index >= 15 is 0 Å². The average molecular weight is 555 g/mol. The van der Waals surface area contributed by atoms with Crippen LogP contribution < -0.4 is 5.56 Å². The number of rotatable bonds is 6. The number of methoxy groups -OCH3 is 1. The normalized spacial score (nSPS) is 20.3. The second-order valence-corrected chi connectivity index (χ2v) is 11.5. The lowest BCUT2D eigenvalue weighted by Gasteiger charge is -2.32. The Morgan fingerprint density at radius 1 is 1.10 bits per heavy atom. The number of aromatic amines is 1. The molecule has 0 saturated carbocycles. The van der Waals surface area contributed by atoms with E-state index in [2.05, 4.69) is 20.4 Å². The smallest absolute Gasteiger partial charge is 0.267 e. The molecule has 2 unspecified atom stereocenters. The first-order valence-corrected chi connectivity index (χ1v) is 13.9. The van der Waals surface area contributed by atoms with Crippen LogP contribution in [0, 0.1) is 18.6 Å². The van der Waals surface area contributed by atoms with Gasteiger partial charge in [0.15, 0.2) is 17.5 Å². The number of likely N-dealkylation sites (tertiary alicyclic amines) is 1. The minimum atomic E-state index is -0.873. The molecule has 11 heteroatoms. The Morgan fingerprint density at radius 3 is 2.58 bits per heavy atom. The van der Waals surface area contributed by atoms with Crippen molar-refractivity contribution in [2.45, 2.75) is 82.8 Å². The molecule has 5 rings (SSSR count). The zero-order valence-corrected chi connectivity index (χ0v) is 23.4. The molecule has 0 radical (unpaired) electrons. The summed E-state index contributed by atoms with van der Waals surface area (Å²) in [6, 6.07) is 6.10. The molecule has 2 aromatic heterocycles. The Labute approximate surface area is 232 Å². The van der Waals surface area contributed by atoms with Gasteiger partial charge in [0.2, 0.25) is 5.91 Å². The summed E-state index contributed by atoms with van der Waals surface area (Å²) in [5.41, 5.74) is 0.863. The van der Waals surface area contributed by atoms with Crippen LogP contribution in [0.5, 0.6) is 0 Å². The van der Waals surface area contributed by atoms with Crippen molar-refractivity contribution in [1.82, 2.24) is 29.9 Å². The zero-order valence-electron chi connectivity index (χ0n) is 23.4. The molecular formula is C29H36F2N6O3. The van der Waals surface area contributed by atoms with E-state index in [1.54, 1.807) is 13.2 Å². The molecule has 0 spiro atoms. The van der Waals surface area contributed by atoms with Gasteiger partial charge >= 0.3 is 0 Å². The quantitative estimate of drug-likeness (QED) is 0.488. The average Bonchev–Trinajstić information content (AvgIpc) is 3.29. The first kappa shape index (κ1) is 28.1. The molecule has 214 valence electrons. The molecule has 1 amide bonds. The highest BCUT2D eigenvalue weighted by Gasteiger charge is 2.37. The fourth-order valence-electron chi connectivity index (χ4n) is 6.07. The van der Waals surface area contributed by atoms with E-state index in [1.807, 2.05) is 36.3 Å². The fourth-order valence-corrected chi connectivity index (χ4v) is 6.07. The molecule has 1 fully saturated rings. The maximum Gasteiger partial charge on any atom is 0.267 e. The second kappa shape index (κ2) is 11.2. The number of carbonyl (C=O) groups is 1. The molecule has 9 nitrogen and oxygen atoms in total. The van der Waals surface area contributed by atoms with Crippen LogP contribution in [0.2, 0.25) is 0 Å². The minimum absolute atomic E-state index is 0.0146. The van der Waals surface area contributed by atoms with Crippen LogP contribution in [0.4, 0.5) is 8.78 Å². The van der Waals surface area contributed by atoms with Gasteiger partial charge in [-0.15, -0.1) is 10.2 Å². The summed E-state index contributed by atoms with van der Waals surface area (Å²) in [5, 5.41) is 15.5. The maximum atomic E-state index is 14.8. The highest BCUT2D eigenvalue weighted by Crippen LogP contribution is 2.39. The SMILES string of the molecule is COC(C)(C)c1nnc2n1CC(c1cccc(F)c1F)CCC2CC(=O)N1CCC(c2cc(C)n[nH]c2=O)CC1. The van der Waals surface area contributed by atoms with Crippen LogP contribution in [0.3, 0.4) is 0 Å². The van der Waals surface area contributed by atoms with Gasteiger partial charge in [0.1, 0.15) is 11.4 Å². The van der Waals surface area contributed by atoms with Crippen molar-refractivity contribution in [1.29, 1.82) is 0 Å². The highest BCUT2D eigenvalue weighted by atomic mass is 19.2. The number of piperidine rings is 1. The summed E-state index contributed by atoms with van der Waals surface area (Å²) in [4.78, 5) is 27.7.